The van der Waals surface area contributed by atoms with Crippen LogP contribution in [0.5, 0.6) is 0 Å². The molecule has 6 heteroatoms. The van der Waals surface area contributed by atoms with Gasteiger partial charge in [-0.25, -0.2) is 4.79 Å². The molecule has 0 aliphatic carbocycles. The van der Waals surface area contributed by atoms with Crippen LogP contribution in [0.2, 0.25) is 0 Å². The van der Waals surface area contributed by atoms with E-state index in [1.54, 1.807) is 7.11 Å². The van der Waals surface area contributed by atoms with Crippen LogP contribution in [-0.4, -0.2) is 67.2 Å². The van der Waals surface area contributed by atoms with Gasteiger partial charge in [-0.1, -0.05) is 0 Å². The Morgan fingerprint density at radius 1 is 1.30 bits per heavy atom. The van der Waals surface area contributed by atoms with Gasteiger partial charge >= 0.3 is 6.03 Å². The molecule has 2 aliphatic rings. The summed E-state index contributed by atoms with van der Waals surface area (Å²) < 4.78 is 5.11. The third-order valence-corrected chi connectivity index (χ3v) is 4.74. The Kier molecular flexibility index (Phi) is 5.55. The molecule has 6 nitrogen and oxygen atoms in total. The molecule has 0 saturated carbocycles. The zero-order valence-corrected chi connectivity index (χ0v) is 15.0. The van der Waals surface area contributed by atoms with Gasteiger partial charge in [0.2, 0.25) is 5.91 Å². The summed E-state index contributed by atoms with van der Waals surface area (Å²) in [7, 11) is 1.66. The Morgan fingerprint density at radius 2 is 2.04 bits per heavy atom. The highest BCUT2D eigenvalue weighted by Crippen LogP contribution is 2.38. The molecule has 0 aromatic heterocycles. The molecule has 0 aromatic rings. The Labute approximate surface area is 139 Å². The van der Waals surface area contributed by atoms with Crippen molar-refractivity contribution < 1.29 is 14.3 Å². The largest absolute Gasteiger partial charge is 0.383 e. The van der Waals surface area contributed by atoms with E-state index in [0.29, 0.717) is 19.6 Å². The predicted octanol–water partition coefficient (Wildman–Crippen LogP) is 1.85. The molecule has 132 valence electrons. The van der Waals surface area contributed by atoms with Crippen molar-refractivity contribution in [2.45, 2.75) is 52.0 Å². The number of hydrogen-bond donors (Lipinski definition) is 1. The van der Waals surface area contributed by atoms with Gasteiger partial charge in [0.05, 0.1) is 6.61 Å². The first-order chi connectivity index (χ1) is 10.7. The van der Waals surface area contributed by atoms with Crippen LogP contribution >= 0.6 is 0 Å². The molecule has 2 aliphatic heterocycles. The van der Waals surface area contributed by atoms with E-state index < -0.39 is 0 Å². The monoisotopic (exact) mass is 325 g/mol. The molecule has 2 rings (SSSR count). The first kappa shape index (κ1) is 18.0. The average Bonchev–Trinajstić information content (AvgIpc) is 2.47. The van der Waals surface area contributed by atoms with E-state index >= 15 is 0 Å². The van der Waals surface area contributed by atoms with Crippen molar-refractivity contribution >= 4 is 11.9 Å². The summed E-state index contributed by atoms with van der Waals surface area (Å²) in [6, 6.07) is 0.0110. The van der Waals surface area contributed by atoms with Gasteiger partial charge in [0.25, 0.3) is 0 Å². The highest BCUT2D eigenvalue weighted by molar-refractivity contribution is 5.77. The van der Waals surface area contributed by atoms with E-state index in [2.05, 4.69) is 5.32 Å². The lowest BCUT2D eigenvalue weighted by Gasteiger charge is -2.48. The van der Waals surface area contributed by atoms with Crippen molar-refractivity contribution in [3.8, 4) is 0 Å². The van der Waals surface area contributed by atoms with E-state index in [-0.39, 0.29) is 22.9 Å². The maximum Gasteiger partial charge on any atom is 0.317 e. The van der Waals surface area contributed by atoms with Crippen molar-refractivity contribution in [2.24, 2.45) is 5.41 Å². The molecule has 0 radical (unpaired) electrons. The number of likely N-dealkylation sites (tertiary alicyclic amines) is 2. The number of nitrogens with zero attached hydrogens (tertiary/aromatic N) is 2. The third-order valence-electron chi connectivity index (χ3n) is 4.74. The van der Waals surface area contributed by atoms with Crippen LogP contribution in [-0.2, 0) is 9.53 Å². The second-order valence-corrected chi connectivity index (χ2v) is 8.01. The number of carbonyl (C=O) groups is 2. The molecular formula is C17H31N3O3. The lowest BCUT2D eigenvalue weighted by Crippen LogP contribution is -2.58. The standard InChI is InChI=1S/C17H31N3O3/c1-16(2,3)18-15(22)20-9-5-7-17(13-20)8-6-14(21)19(12-17)10-11-23-4/h5-13H2,1-4H3,(H,18,22)/t17-/m0/s1. The van der Waals surface area contributed by atoms with Crippen molar-refractivity contribution in [2.75, 3.05) is 39.9 Å². The van der Waals surface area contributed by atoms with E-state index in [1.807, 2.05) is 30.6 Å². The summed E-state index contributed by atoms with van der Waals surface area (Å²) in [5.74, 6) is 0.212. The molecule has 0 bridgehead atoms. The highest BCUT2D eigenvalue weighted by Gasteiger charge is 2.42. The fourth-order valence-corrected chi connectivity index (χ4v) is 3.62. The van der Waals surface area contributed by atoms with Crippen LogP contribution in [0.15, 0.2) is 0 Å². The van der Waals surface area contributed by atoms with Crippen LogP contribution < -0.4 is 5.32 Å². The third kappa shape index (κ3) is 4.83. The summed E-state index contributed by atoms with van der Waals surface area (Å²) >= 11 is 0. The molecule has 2 saturated heterocycles. The summed E-state index contributed by atoms with van der Waals surface area (Å²) in [5, 5.41) is 3.05. The van der Waals surface area contributed by atoms with Crippen LogP contribution in [0.3, 0.4) is 0 Å². The fraction of sp³-hybridized carbons (Fsp3) is 0.882. The maximum atomic E-state index is 12.5. The van der Waals surface area contributed by atoms with Crippen molar-refractivity contribution in [1.29, 1.82) is 0 Å². The molecule has 1 spiro atoms. The van der Waals surface area contributed by atoms with Gasteiger partial charge in [-0.05, 0) is 40.0 Å². The van der Waals surface area contributed by atoms with Gasteiger partial charge in [0.1, 0.15) is 0 Å². The van der Waals surface area contributed by atoms with Gasteiger partial charge in [-0.15, -0.1) is 0 Å². The number of urea groups is 1. The molecule has 2 fully saturated rings. The number of nitrogens with one attached hydrogen (secondary N) is 1. The minimum Gasteiger partial charge on any atom is -0.383 e. The second kappa shape index (κ2) is 7.07. The minimum atomic E-state index is -0.227. The zero-order valence-electron chi connectivity index (χ0n) is 15.0. The van der Waals surface area contributed by atoms with Gasteiger partial charge < -0.3 is 19.9 Å². The van der Waals surface area contributed by atoms with Gasteiger partial charge in [-0.3, -0.25) is 4.79 Å². The fourth-order valence-electron chi connectivity index (χ4n) is 3.62. The first-order valence-electron chi connectivity index (χ1n) is 8.59. The Balaban J connectivity index is 2.01. The van der Waals surface area contributed by atoms with Gasteiger partial charge in [-0.2, -0.15) is 0 Å². The van der Waals surface area contributed by atoms with E-state index in [4.69, 9.17) is 4.74 Å². The molecule has 1 N–H and O–H groups in total. The first-order valence-corrected chi connectivity index (χ1v) is 8.59. The molecule has 0 aromatic carbocycles. The number of hydrogen-bond acceptors (Lipinski definition) is 3. The predicted molar refractivity (Wildman–Crippen MR) is 89.2 cm³/mol. The molecule has 2 heterocycles. The maximum absolute atomic E-state index is 12.5. The molecular weight excluding hydrogens is 294 g/mol. The van der Waals surface area contributed by atoms with Crippen LogP contribution in [0.4, 0.5) is 4.79 Å². The summed E-state index contributed by atoms with van der Waals surface area (Å²) in [6.45, 7) is 9.49. The molecule has 23 heavy (non-hydrogen) atoms. The van der Waals surface area contributed by atoms with E-state index in [0.717, 1.165) is 38.9 Å². The van der Waals surface area contributed by atoms with Crippen LogP contribution in [0.25, 0.3) is 0 Å². The number of amides is 3. The van der Waals surface area contributed by atoms with Gasteiger partial charge in [0.15, 0.2) is 0 Å². The summed E-state index contributed by atoms with van der Waals surface area (Å²) in [4.78, 5) is 28.4. The topological polar surface area (TPSA) is 61.9 Å². The van der Waals surface area contributed by atoms with Crippen molar-refractivity contribution in [3.05, 3.63) is 0 Å². The number of piperidine rings is 2. The smallest absolute Gasteiger partial charge is 0.317 e. The SMILES string of the molecule is COCCN1C[C@]2(CCCN(C(=O)NC(C)(C)C)C2)CCC1=O. The summed E-state index contributed by atoms with van der Waals surface area (Å²) in [5.41, 5.74) is -0.177. The minimum absolute atomic E-state index is 0.0110. The van der Waals surface area contributed by atoms with Gasteiger partial charge in [0, 0.05) is 50.7 Å². The lowest BCUT2D eigenvalue weighted by molar-refractivity contribution is -0.139. The normalized spacial score (nSPS) is 25.8. The van der Waals surface area contributed by atoms with E-state index in [1.165, 1.54) is 0 Å². The Hall–Kier alpha value is -1.30. The van der Waals surface area contributed by atoms with Crippen molar-refractivity contribution in [3.63, 3.8) is 0 Å². The number of carbonyl (C=O) groups excluding carboxylic acids is 2. The van der Waals surface area contributed by atoms with E-state index in [9.17, 15) is 9.59 Å². The molecule has 0 unspecified atom stereocenters. The quantitative estimate of drug-likeness (QED) is 0.861. The number of methoxy groups -OCH3 is 1. The average molecular weight is 325 g/mol. The Bertz CT molecular complexity index is 447. The molecule has 1 atom stereocenters. The number of ether oxygens (including phenoxy) is 1. The van der Waals surface area contributed by atoms with Crippen LogP contribution in [0, 0.1) is 5.41 Å². The van der Waals surface area contributed by atoms with Crippen molar-refractivity contribution in [1.82, 2.24) is 15.1 Å². The second-order valence-electron chi connectivity index (χ2n) is 8.01. The summed E-state index contributed by atoms with van der Waals surface area (Å²) in [6.07, 6.45) is 3.56. The number of rotatable bonds is 3. The Morgan fingerprint density at radius 3 is 2.70 bits per heavy atom. The highest BCUT2D eigenvalue weighted by atomic mass is 16.5. The zero-order chi connectivity index (χ0) is 17.1. The van der Waals surface area contributed by atoms with Crippen LogP contribution in [0.1, 0.15) is 46.5 Å². The lowest BCUT2D eigenvalue weighted by atomic mass is 9.73. The molecule has 3 amide bonds.